The Kier molecular flexibility index (Phi) is 7.73. The minimum absolute atomic E-state index is 0.0300. The standard InChI is InChI=1S/C22H23FN2O4S/c1-27-21-12-16-18(13-22(21)28-9-3-2-4-10-30)24-8-7-19(16)29-20-6-5-15(25-14-26)11-17(20)23/h5-8,11-14,30H,2-4,9-10H2,1H3,(H,25,26). The molecule has 1 aromatic heterocycles. The Bertz CT molecular complexity index is 1020. The average molecular weight is 431 g/mol. The molecule has 0 bridgehead atoms. The van der Waals surface area contributed by atoms with E-state index in [4.69, 9.17) is 14.2 Å². The minimum atomic E-state index is -0.597. The number of nitrogens with zero attached hydrogens (tertiary/aromatic N) is 1. The molecule has 8 heteroatoms. The predicted molar refractivity (Wildman–Crippen MR) is 118 cm³/mol. The lowest BCUT2D eigenvalue weighted by atomic mass is 10.1. The molecule has 3 aromatic rings. The van der Waals surface area contributed by atoms with Gasteiger partial charge in [0.15, 0.2) is 23.1 Å². The predicted octanol–water partition coefficient (Wildman–Crippen LogP) is 5.22. The number of carbonyl (C=O) groups is 1. The van der Waals surface area contributed by atoms with Crippen LogP contribution >= 0.6 is 12.6 Å². The van der Waals surface area contributed by atoms with Crippen LogP contribution in [0.3, 0.4) is 0 Å². The molecule has 158 valence electrons. The molecule has 3 rings (SSSR count). The maximum absolute atomic E-state index is 14.4. The molecular formula is C22H23FN2O4S. The molecule has 0 radical (unpaired) electrons. The maximum Gasteiger partial charge on any atom is 0.211 e. The Morgan fingerprint density at radius 2 is 1.93 bits per heavy atom. The van der Waals surface area contributed by atoms with Crippen LogP contribution in [-0.4, -0.2) is 30.9 Å². The normalized spacial score (nSPS) is 10.6. The molecule has 30 heavy (non-hydrogen) atoms. The summed E-state index contributed by atoms with van der Waals surface area (Å²) >= 11 is 4.21. The van der Waals surface area contributed by atoms with Crippen molar-refractivity contribution < 1.29 is 23.4 Å². The van der Waals surface area contributed by atoms with Crippen LogP contribution in [0.15, 0.2) is 42.6 Å². The number of rotatable bonds is 11. The number of unbranched alkanes of at least 4 members (excludes halogenated alkanes) is 2. The van der Waals surface area contributed by atoms with Crippen molar-refractivity contribution in [3.05, 3.63) is 48.4 Å². The Labute approximate surface area is 179 Å². The van der Waals surface area contributed by atoms with Crippen molar-refractivity contribution in [1.29, 1.82) is 0 Å². The number of amides is 1. The molecule has 1 N–H and O–H groups in total. The van der Waals surface area contributed by atoms with Gasteiger partial charge < -0.3 is 19.5 Å². The van der Waals surface area contributed by atoms with E-state index in [0.29, 0.717) is 46.9 Å². The van der Waals surface area contributed by atoms with Crippen molar-refractivity contribution >= 4 is 35.6 Å². The maximum atomic E-state index is 14.4. The van der Waals surface area contributed by atoms with Gasteiger partial charge in [0, 0.05) is 29.4 Å². The first kappa shape index (κ1) is 21.7. The number of pyridine rings is 1. The van der Waals surface area contributed by atoms with Crippen LogP contribution in [-0.2, 0) is 4.79 Å². The number of methoxy groups -OCH3 is 1. The highest BCUT2D eigenvalue weighted by molar-refractivity contribution is 7.80. The lowest BCUT2D eigenvalue weighted by molar-refractivity contribution is -0.105. The van der Waals surface area contributed by atoms with Crippen LogP contribution in [0.1, 0.15) is 19.3 Å². The zero-order chi connectivity index (χ0) is 21.3. The molecule has 0 aliphatic heterocycles. The molecule has 0 spiro atoms. The number of aromatic nitrogens is 1. The number of fused-ring (bicyclic) bond motifs is 1. The fourth-order valence-corrected chi connectivity index (χ4v) is 3.15. The van der Waals surface area contributed by atoms with E-state index in [2.05, 4.69) is 22.9 Å². The zero-order valence-corrected chi connectivity index (χ0v) is 17.5. The van der Waals surface area contributed by atoms with E-state index >= 15 is 0 Å². The smallest absolute Gasteiger partial charge is 0.211 e. The van der Waals surface area contributed by atoms with Crippen molar-refractivity contribution in [2.24, 2.45) is 0 Å². The van der Waals surface area contributed by atoms with Gasteiger partial charge in [-0.2, -0.15) is 12.6 Å². The first-order valence-electron chi connectivity index (χ1n) is 9.54. The van der Waals surface area contributed by atoms with Crippen molar-refractivity contribution in [3.8, 4) is 23.0 Å². The van der Waals surface area contributed by atoms with E-state index in [1.54, 1.807) is 37.6 Å². The third-order valence-electron chi connectivity index (χ3n) is 4.42. The third-order valence-corrected chi connectivity index (χ3v) is 4.74. The zero-order valence-electron chi connectivity index (χ0n) is 16.6. The van der Waals surface area contributed by atoms with Crippen LogP contribution < -0.4 is 19.5 Å². The largest absolute Gasteiger partial charge is 0.493 e. The number of hydrogen-bond donors (Lipinski definition) is 2. The Balaban J connectivity index is 1.85. The number of halogens is 1. The third kappa shape index (κ3) is 5.33. The molecule has 1 heterocycles. The Hall–Kier alpha value is -3.00. The van der Waals surface area contributed by atoms with Gasteiger partial charge in [0.2, 0.25) is 6.41 Å². The highest BCUT2D eigenvalue weighted by Crippen LogP contribution is 2.37. The minimum Gasteiger partial charge on any atom is -0.493 e. The molecule has 2 aromatic carbocycles. The number of ether oxygens (including phenoxy) is 3. The average Bonchev–Trinajstić information content (AvgIpc) is 2.75. The topological polar surface area (TPSA) is 69.7 Å². The summed E-state index contributed by atoms with van der Waals surface area (Å²) in [5.41, 5.74) is 0.977. The summed E-state index contributed by atoms with van der Waals surface area (Å²) in [4.78, 5) is 14.9. The van der Waals surface area contributed by atoms with Crippen LogP contribution in [0.2, 0.25) is 0 Å². The highest BCUT2D eigenvalue weighted by atomic mass is 32.1. The van der Waals surface area contributed by atoms with Gasteiger partial charge in [0.25, 0.3) is 0 Å². The summed E-state index contributed by atoms with van der Waals surface area (Å²) in [6.07, 6.45) is 5.08. The second-order valence-corrected chi connectivity index (χ2v) is 6.92. The molecule has 0 aliphatic carbocycles. The first-order chi connectivity index (χ1) is 14.7. The molecule has 1 amide bonds. The summed E-state index contributed by atoms with van der Waals surface area (Å²) in [6, 6.07) is 9.39. The van der Waals surface area contributed by atoms with E-state index in [1.807, 2.05) is 0 Å². The monoisotopic (exact) mass is 430 g/mol. The van der Waals surface area contributed by atoms with Crippen molar-refractivity contribution in [2.75, 3.05) is 24.8 Å². The number of benzene rings is 2. The van der Waals surface area contributed by atoms with Gasteiger partial charge >= 0.3 is 0 Å². The molecule has 0 aliphatic rings. The summed E-state index contributed by atoms with van der Waals surface area (Å²) in [5, 5.41) is 3.06. The Morgan fingerprint density at radius 3 is 2.67 bits per heavy atom. The summed E-state index contributed by atoms with van der Waals surface area (Å²) in [5.74, 6) is 1.86. The van der Waals surface area contributed by atoms with Crippen LogP contribution in [0.5, 0.6) is 23.0 Å². The van der Waals surface area contributed by atoms with Crippen LogP contribution in [0.4, 0.5) is 10.1 Å². The van der Waals surface area contributed by atoms with Gasteiger partial charge in [0.1, 0.15) is 5.75 Å². The van der Waals surface area contributed by atoms with Crippen LogP contribution in [0.25, 0.3) is 10.9 Å². The van der Waals surface area contributed by atoms with E-state index in [1.165, 1.54) is 12.1 Å². The van der Waals surface area contributed by atoms with E-state index in [0.717, 1.165) is 25.0 Å². The summed E-state index contributed by atoms with van der Waals surface area (Å²) < 4.78 is 31.5. The lowest BCUT2D eigenvalue weighted by Gasteiger charge is -2.14. The Morgan fingerprint density at radius 1 is 1.07 bits per heavy atom. The molecular weight excluding hydrogens is 407 g/mol. The highest BCUT2D eigenvalue weighted by Gasteiger charge is 2.14. The summed E-state index contributed by atoms with van der Waals surface area (Å²) in [6.45, 7) is 0.568. The lowest BCUT2D eigenvalue weighted by Crippen LogP contribution is -2.00. The number of carbonyl (C=O) groups excluding carboxylic acids is 1. The second-order valence-electron chi connectivity index (χ2n) is 6.47. The molecule has 0 saturated carbocycles. The molecule has 0 fully saturated rings. The molecule has 0 unspecified atom stereocenters. The van der Waals surface area contributed by atoms with Gasteiger partial charge in [-0.25, -0.2) is 4.39 Å². The molecule has 6 nitrogen and oxygen atoms in total. The van der Waals surface area contributed by atoms with E-state index in [-0.39, 0.29) is 5.75 Å². The number of hydrogen-bond acceptors (Lipinski definition) is 6. The SMILES string of the molecule is COc1cc2c(Oc3ccc(NC=O)cc3F)ccnc2cc1OCCCCCS. The first-order valence-corrected chi connectivity index (χ1v) is 10.2. The molecule has 0 saturated heterocycles. The van der Waals surface area contributed by atoms with Crippen molar-refractivity contribution in [3.63, 3.8) is 0 Å². The summed E-state index contributed by atoms with van der Waals surface area (Å²) in [7, 11) is 1.56. The van der Waals surface area contributed by atoms with Gasteiger partial charge in [-0.05, 0) is 49.3 Å². The van der Waals surface area contributed by atoms with Gasteiger partial charge in [-0.3, -0.25) is 9.78 Å². The number of thiol groups is 1. The van der Waals surface area contributed by atoms with E-state index in [9.17, 15) is 9.18 Å². The van der Waals surface area contributed by atoms with Crippen molar-refractivity contribution in [1.82, 2.24) is 4.98 Å². The van der Waals surface area contributed by atoms with Crippen molar-refractivity contribution in [2.45, 2.75) is 19.3 Å². The number of nitrogens with one attached hydrogen (secondary N) is 1. The van der Waals surface area contributed by atoms with Crippen LogP contribution in [0, 0.1) is 5.82 Å². The van der Waals surface area contributed by atoms with Gasteiger partial charge in [0.05, 0.1) is 19.2 Å². The molecule has 0 atom stereocenters. The quantitative estimate of drug-likeness (QED) is 0.248. The second kappa shape index (κ2) is 10.7. The fourth-order valence-electron chi connectivity index (χ4n) is 2.92. The van der Waals surface area contributed by atoms with Gasteiger partial charge in [-0.15, -0.1) is 0 Å². The van der Waals surface area contributed by atoms with E-state index < -0.39 is 5.82 Å². The number of anilines is 1. The fraction of sp³-hybridized carbons (Fsp3) is 0.273. The van der Waals surface area contributed by atoms with Gasteiger partial charge in [-0.1, -0.05) is 0 Å².